The molecule has 0 saturated heterocycles. The van der Waals surface area contributed by atoms with Gasteiger partial charge in [-0.15, -0.1) is 0 Å². The topological polar surface area (TPSA) is 29.5 Å². The molecule has 0 aliphatic rings. The summed E-state index contributed by atoms with van der Waals surface area (Å²) >= 11 is 0. The molecule has 0 unspecified atom stereocenters. The fourth-order valence-electron chi connectivity index (χ4n) is 1.50. The first-order chi connectivity index (χ1) is 6.81. The standard InChI is InChI=1S/C12H18O2/c1-3-5-10-6-7-12(14-4-2)11(8-10)9-13/h6-8,13H,3-5,9H2,1-2H3. The van der Waals surface area contributed by atoms with Crippen molar-refractivity contribution in [2.45, 2.75) is 33.3 Å². The fourth-order valence-corrected chi connectivity index (χ4v) is 1.50. The van der Waals surface area contributed by atoms with Crippen molar-refractivity contribution in [3.8, 4) is 5.75 Å². The summed E-state index contributed by atoms with van der Waals surface area (Å²) in [5, 5.41) is 9.16. The van der Waals surface area contributed by atoms with Crippen molar-refractivity contribution in [2.24, 2.45) is 0 Å². The first-order valence-corrected chi connectivity index (χ1v) is 5.17. The van der Waals surface area contributed by atoms with Gasteiger partial charge in [0.15, 0.2) is 0 Å². The molecule has 1 rings (SSSR count). The molecular formula is C12H18O2. The van der Waals surface area contributed by atoms with Gasteiger partial charge >= 0.3 is 0 Å². The monoisotopic (exact) mass is 194 g/mol. The highest BCUT2D eigenvalue weighted by molar-refractivity contribution is 5.36. The first-order valence-electron chi connectivity index (χ1n) is 5.17. The Bertz CT molecular complexity index is 282. The Morgan fingerprint density at radius 1 is 1.29 bits per heavy atom. The largest absolute Gasteiger partial charge is 0.494 e. The number of aliphatic hydroxyl groups excluding tert-OH is 1. The van der Waals surface area contributed by atoms with Crippen LogP contribution in [0.15, 0.2) is 18.2 Å². The van der Waals surface area contributed by atoms with E-state index in [1.807, 2.05) is 19.1 Å². The van der Waals surface area contributed by atoms with Crippen molar-refractivity contribution in [3.05, 3.63) is 29.3 Å². The molecule has 1 N–H and O–H groups in total. The fraction of sp³-hybridized carbons (Fsp3) is 0.500. The minimum Gasteiger partial charge on any atom is -0.494 e. The molecule has 1 aromatic rings. The molecule has 0 amide bonds. The Morgan fingerprint density at radius 3 is 2.64 bits per heavy atom. The van der Waals surface area contributed by atoms with Crippen molar-refractivity contribution in [1.82, 2.24) is 0 Å². The van der Waals surface area contributed by atoms with Crippen LogP contribution in [0.3, 0.4) is 0 Å². The van der Waals surface area contributed by atoms with E-state index in [9.17, 15) is 0 Å². The average molecular weight is 194 g/mol. The quantitative estimate of drug-likeness (QED) is 0.780. The number of aliphatic hydroxyl groups is 1. The summed E-state index contributed by atoms with van der Waals surface area (Å²) in [6.07, 6.45) is 2.18. The van der Waals surface area contributed by atoms with Gasteiger partial charge in [-0.25, -0.2) is 0 Å². The average Bonchev–Trinajstić information content (AvgIpc) is 2.21. The molecule has 0 atom stereocenters. The summed E-state index contributed by atoms with van der Waals surface area (Å²) in [6.45, 7) is 4.78. The lowest BCUT2D eigenvalue weighted by Gasteiger charge is -2.09. The van der Waals surface area contributed by atoms with Gasteiger partial charge in [-0.1, -0.05) is 19.4 Å². The lowest BCUT2D eigenvalue weighted by atomic mass is 10.1. The lowest BCUT2D eigenvalue weighted by molar-refractivity contribution is 0.267. The highest BCUT2D eigenvalue weighted by Crippen LogP contribution is 2.20. The second kappa shape index (κ2) is 5.66. The van der Waals surface area contributed by atoms with Crippen LogP contribution in [0.2, 0.25) is 0 Å². The lowest BCUT2D eigenvalue weighted by Crippen LogP contribution is -1.98. The van der Waals surface area contributed by atoms with E-state index in [-0.39, 0.29) is 6.61 Å². The predicted molar refractivity (Wildman–Crippen MR) is 57.5 cm³/mol. The maximum absolute atomic E-state index is 9.16. The molecule has 2 nitrogen and oxygen atoms in total. The molecule has 0 fully saturated rings. The highest BCUT2D eigenvalue weighted by atomic mass is 16.5. The maximum Gasteiger partial charge on any atom is 0.124 e. The van der Waals surface area contributed by atoms with Gasteiger partial charge in [0.1, 0.15) is 5.75 Å². The number of aryl methyl sites for hydroxylation is 1. The van der Waals surface area contributed by atoms with Gasteiger partial charge in [0, 0.05) is 5.56 Å². The van der Waals surface area contributed by atoms with Crippen molar-refractivity contribution in [3.63, 3.8) is 0 Å². The molecule has 2 heteroatoms. The zero-order valence-corrected chi connectivity index (χ0v) is 8.92. The molecule has 0 heterocycles. The number of benzene rings is 1. The van der Waals surface area contributed by atoms with E-state index < -0.39 is 0 Å². The number of hydrogen-bond acceptors (Lipinski definition) is 2. The zero-order valence-electron chi connectivity index (χ0n) is 8.92. The molecule has 0 radical (unpaired) electrons. The molecule has 0 aromatic heterocycles. The van der Waals surface area contributed by atoms with Crippen LogP contribution in [-0.2, 0) is 13.0 Å². The number of ether oxygens (including phenoxy) is 1. The van der Waals surface area contributed by atoms with Crippen molar-refractivity contribution in [2.75, 3.05) is 6.61 Å². The van der Waals surface area contributed by atoms with E-state index in [0.29, 0.717) is 6.61 Å². The number of hydrogen-bond donors (Lipinski definition) is 1. The second-order valence-corrected chi connectivity index (χ2v) is 3.28. The van der Waals surface area contributed by atoms with Gasteiger partial charge in [-0.2, -0.15) is 0 Å². The van der Waals surface area contributed by atoms with Gasteiger partial charge in [0.05, 0.1) is 13.2 Å². The van der Waals surface area contributed by atoms with Crippen LogP contribution >= 0.6 is 0 Å². The number of rotatable bonds is 5. The minimum absolute atomic E-state index is 0.0485. The highest BCUT2D eigenvalue weighted by Gasteiger charge is 2.03. The van der Waals surface area contributed by atoms with Gasteiger partial charge in [-0.3, -0.25) is 0 Å². The van der Waals surface area contributed by atoms with Gasteiger partial charge in [-0.05, 0) is 31.0 Å². The minimum atomic E-state index is 0.0485. The summed E-state index contributed by atoms with van der Waals surface area (Å²) in [6, 6.07) is 6.03. The van der Waals surface area contributed by atoms with Gasteiger partial charge in [0.2, 0.25) is 0 Å². The normalized spacial score (nSPS) is 10.2. The SMILES string of the molecule is CCCc1ccc(OCC)c(CO)c1. The molecule has 14 heavy (non-hydrogen) atoms. The van der Waals surface area contributed by atoms with E-state index in [4.69, 9.17) is 9.84 Å². The third-order valence-corrected chi connectivity index (χ3v) is 2.13. The molecule has 1 aromatic carbocycles. The van der Waals surface area contributed by atoms with E-state index in [1.165, 1.54) is 5.56 Å². The van der Waals surface area contributed by atoms with Crippen LogP contribution < -0.4 is 4.74 Å². The third-order valence-electron chi connectivity index (χ3n) is 2.13. The van der Waals surface area contributed by atoms with Crippen molar-refractivity contribution < 1.29 is 9.84 Å². The van der Waals surface area contributed by atoms with E-state index in [1.54, 1.807) is 0 Å². The third kappa shape index (κ3) is 2.74. The van der Waals surface area contributed by atoms with Gasteiger partial charge in [0.25, 0.3) is 0 Å². The smallest absolute Gasteiger partial charge is 0.124 e. The summed E-state index contributed by atoms with van der Waals surface area (Å²) in [5.41, 5.74) is 2.15. The Balaban J connectivity index is 2.87. The Kier molecular flexibility index (Phi) is 4.47. The first kappa shape index (κ1) is 11.1. The van der Waals surface area contributed by atoms with Crippen LogP contribution in [0, 0.1) is 0 Å². The summed E-state index contributed by atoms with van der Waals surface area (Å²) < 4.78 is 5.40. The van der Waals surface area contributed by atoms with Gasteiger partial charge < -0.3 is 9.84 Å². The van der Waals surface area contributed by atoms with Crippen LogP contribution in [0.4, 0.5) is 0 Å². The summed E-state index contributed by atoms with van der Waals surface area (Å²) in [5.74, 6) is 0.801. The molecular weight excluding hydrogens is 176 g/mol. The van der Waals surface area contributed by atoms with Crippen LogP contribution in [0.5, 0.6) is 5.75 Å². The molecule has 0 bridgehead atoms. The summed E-state index contributed by atoms with van der Waals surface area (Å²) in [4.78, 5) is 0. The molecule has 0 aliphatic carbocycles. The van der Waals surface area contributed by atoms with Crippen LogP contribution in [0.1, 0.15) is 31.4 Å². The molecule has 0 aliphatic heterocycles. The van der Waals surface area contributed by atoms with Crippen molar-refractivity contribution in [1.29, 1.82) is 0 Å². The van der Waals surface area contributed by atoms with E-state index in [2.05, 4.69) is 13.0 Å². The Morgan fingerprint density at radius 2 is 2.07 bits per heavy atom. The van der Waals surface area contributed by atoms with Crippen molar-refractivity contribution >= 4 is 0 Å². The van der Waals surface area contributed by atoms with E-state index in [0.717, 1.165) is 24.2 Å². The summed E-state index contributed by atoms with van der Waals surface area (Å²) in [7, 11) is 0. The Labute approximate surface area is 85.5 Å². The molecule has 0 spiro atoms. The second-order valence-electron chi connectivity index (χ2n) is 3.28. The van der Waals surface area contributed by atoms with E-state index >= 15 is 0 Å². The maximum atomic E-state index is 9.16. The molecule has 78 valence electrons. The van der Waals surface area contributed by atoms with Crippen LogP contribution in [-0.4, -0.2) is 11.7 Å². The molecule has 0 saturated carbocycles. The Hall–Kier alpha value is -1.02. The zero-order chi connectivity index (χ0) is 10.4. The van der Waals surface area contributed by atoms with Crippen LogP contribution in [0.25, 0.3) is 0 Å². The predicted octanol–water partition coefficient (Wildman–Crippen LogP) is 2.53.